The third-order valence-electron chi connectivity index (χ3n) is 1.71. The van der Waals surface area contributed by atoms with Crippen LogP contribution in [0.1, 0.15) is 17.3 Å². The third-order valence-corrected chi connectivity index (χ3v) is 1.71. The number of nitrogen functional groups attached to an aromatic ring is 1. The van der Waals surface area contributed by atoms with Crippen molar-refractivity contribution < 1.29 is 14.6 Å². The van der Waals surface area contributed by atoms with E-state index in [0.29, 0.717) is 5.75 Å². The first-order valence-corrected chi connectivity index (χ1v) is 3.73. The molecule has 0 saturated carbocycles. The first-order valence-electron chi connectivity index (χ1n) is 3.73. The quantitative estimate of drug-likeness (QED) is 0.531. The molecule has 4 nitrogen and oxygen atoms in total. The maximum absolute atomic E-state index is 11.0. The maximum Gasteiger partial charge on any atom is 0.165 e. The Hall–Kier alpha value is -1.71. The molecule has 1 aromatic rings. The molecule has 70 valence electrons. The number of ether oxygens (including phenoxy) is 1. The Balaban J connectivity index is 3.31. The number of phenols is 1. The van der Waals surface area contributed by atoms with Crippen LogP contribution in [0.15, 0.2) is 12.1 Å². The van der Waals surface area contributed by atoms with E-state index < -0.39 is 0 Å². The molecule has 0 bridgehead atoms. The fourth-order valence-corrected chi connectivity index (χ4v) is 1.12. The first-order chi connectivity index (χ1) is 6.06. The van der Waals surface area contributed by atoms with E-state index in [2.05, 4.69) is 0 Å². The summed E-state index contributed by atoms with van der Waals surface area (Å²) in [4.78, 5) is 11.0. The lowest BCUT2D eigenvalue weighted by molar-refractivity contribution is 0.101. The highest BCUT2D eigenvalue weighted by atomic mass is 16.5. The van der Waals surface area contributed by atoms with Crippen molar-refractivity contribution in [3.05, 3.63) is 17.7 Å². The molecule has 0 fully saturated rings. The second kappa shape index (κ2) is 3.35. The largest absolute Gasteiger partial charge is 0.507 e. The second-order valence-corrected chi connectivity index (χ2v) is 2.67. The van der Waals surface area contributed by atoms with Gasteiger partial charge in [-0.1, -0.05) is 0 Å². The van der Waals surface area contributed by atoms with Crippen LogP contribution >= 0.6 is 0 Å². The predicted octanol–water partition coefficient (Wildman–Crippen LogP) is 1.19. The minimum Gasteiger partial charge on any atom is -0.507 e. The second-order valence-electron chi connectivity index (χ2n) is 2.67. The number of nitrogens with two attached hydrogens (primary N) is 1. The molecule has 3 N–H and O–H groups in total. The highest BCUT2D eigenvalue weighted by Crippen LogP contribution is 2.29. The molecule has 0 spiro atoms. The lowest BCUT2D eigenvalue weighted by atomic mass is 10.1. The van der Waals surface area contributed by atoms with Crippen molar-refractivity contribution in [1.82, 2.24) is 0 Å². The van der Waals surface area contributed by atoms with Gasteiger partial charge in [-0.25, -0.2) is 0 Å². The summed E-state index contributed by atoms with van der Waals surface area (Å²) in [6.45, 7) is 1.35. The molecule has 0 aromatic heterocycles. The van der Waals surface area contributed by atoms with Crippen molar-refractivity contribution in [3.63, 3.8) is 0 Å². The van der Waals surface area contributed by atoms with E-state index in [1.54, 1.807) is 0 Å². The van der Waals surface area contributed by atoms with Crippen LogP contribution in [0.5, 0.6) is 11.5 Å². The molecule has 0 aliphatic rings. The summed E-state index contributed by atoms with van der Waals surface area (Å²) < 4.78 is 4.86. The highest BCUT2D eigenvalue weighted by molar-refractivity contribution is 6.02. The van der Waals surface area contributed by atoms with Crippen LogP contribution < -0.4 is 10.5 Å². The van der Waals surface area contributed by atoms with Gasteiger partial charge < -0.3 is 15.6 Å². The Morgan fingerprint density at radius 3 is 2.54 bits per heavy atom. The summed E-state index contributed by atoms with van der Waals surface area (Å²) in [5.41, 5.74) is 5.90. The summed E-state index contributed by atoms with van der Waals surface area (Å²) in [6, 6.07) is 2.85. The van der Waals surface area contributed by atoms with E-state index in [-0.39, 0.29) is 22.8 Å². The van der Waals surface area contributed by atoms with Gasteiger partial charge in [0, 0.05) is 17.8 Å². The topological polar surface area (TPSA) is 72.5 Å². The van der Waals surface area contributed by atoms with Crippen molar-refractivity contribution >= 4 is 11.5 Å². The minimum atomic E-state index is -0.266. The molecule has 1 rings (SSSR count). The van der Waals surface area contributed by atoms with Crippen molar-refractivity contribution in [2.75, 3.05) is 12.8 Å². The van der Waals surface area contributed by atoms with Crippen molar-refractivity contribution in [1.29, 1.82) is 0 Å². The monoisotopic (exact) mass is 181 g/mol. The summed E-state index contributed by atoms with van der Waals surface area (Å²) >= 11 is 0. The highest BCUT2D eigenvalue weighted by Gasteiger charge is 2.12. The van der Waals surface area contributed by atoms with Gasteiger partial charge in [0.1, 0.15) is 11.5 Å². The third kappa shape index (κ3) is 1.72. The van der Waals surface area contributed by atoms with Crippen molar-refractivity contribution in [3.8, 4) is 11.5 Å². The fraction of sp³-hybridized carbons (Fsp3) is 0.222. The Bertz CT molecular complexity index is 324. The number of aromatic hydroxyl groups is 1. The SMILES string of the molecule is COc1cc(N)c(C(C)=O)c(O)c1. The molecular formula is C9H11NO3. The molecule has 0 amide bonds. The predicted molar refractivity (Wildman–Crippen MR) is 49.1 cm³/mol. The number of benzene rings is 1. The summed E-state index contributed by atoms with van der Waals surface area (Å²) in [6.07, 6.45) is 0. The van der Waals surface area contributed by atoms with Crippen molar-refractivity contribution in [2.45, 2.75) is 6.92 Å². The number of ketones is 1. The van der Waals surface area contributed by atoms with E-state index in [1.165, 1.54) is 26.2 Å². The van der Waals surface area contributed by atoms with E-state index in [1.807, 2.05) is 0 Å². The number of methoxy groups -OCH3 is 1. The lowest BCUT2D eigenvalue weighted by Crippen LogP contribution is -2.00. The van der Waals surface area contributed by atoms with Gasteiger partial charge in [0.25, 0.3) is 0 Å². The average Bonchev–Trinajstić information content (AvgIpc) is 2.02. The zero-order chi connectivity index (χ0) is 10.0. The minimum absolute atomic E-state index is 0.140. The van der Waals surface area contributed by atoms with E-state index in [0.717, 1.165) is 0 Å². The average molecular weight is 181 g/mol. The lowest BCUT2D eigenvalue weighted by Gasteiger charge is -2.07. The molecule has 13 heavy (non-hydrogen) atoms. The molecule has 0 aliphatic heterocycles. The number of carbonyl (C=O) groups is 1. The fourth-order valence-electron chi connectivity index (χ4n) is 1.12. The molecule has 0 heterocycles. The van der Waals surface area contributed by atoms with Gasteiger partial charge >= 0.3 is 0 Å². The number of rotatable bonds is 2. The number of hydrogen-bond acceptors (Lipinski definition) is 4. The molecule has 0 aliphatic carbocycles. The number of anilines is 1. The van der Waals surface area contributed by atoms with Crippen LogP contribution in [0.2, 0.25) is 0 Å². The number of carbonyl (C=O) groups excluding carboxylic acids is 1. The summed E-state index contributed by atoms with van der Waals surface area (Å²) in [5, 5.41) is 9.39. The molecule has 4 heteroatoms. The zero-order valence-corrected chi connectivity index (χ0v) is 7.50. The Kier molecular flexibility index (Phi) is 2.41. The molecule has 0 saturated heterocycles. The van der Waals surface area contributed by atoms with Crippen LogP contribution in [0.4, 0.5) is 5.69 Å². The van der Waals surface area contributed by atoms with Gasteiger partial charge in [0.2, 0.25) is 0 Å². The Morgan fingerprint density at radius 1 is 1.54 bits per heavy atom. The Morgan fingerprint density at radius 2 is 2.15 bits per heavy atom. The van der Waals surface area contributed by atoms with Crippen LogP contribution in [-0.2, 0) is 0 Å². The normalized spacial score (nSPS) is 9.69. The summed E-state index contributed by atoms with van der Waals surface area (Å²) in [5.74, 6) is 0.0157. The molecule has 0 radical (unpaired) electrons. The van der Waals surface area contributed by atoms with Gasteiger partial charge in [-0.05, 0) is 6.92 Å². The summed E-state index contributed by atoms with van der Waals surface area (Å²) in [7, 11) is 1.46. The van der Waals surface area contributed by atoms with Gasteiger partial charge in [-0.15, -0.1) is 0 Å². The standard InChI is InChI=1S/C9H11NO3/c1-5(11)9-7(10)3-6(13-2)4-8(9)12/h3-4,12H,10H2,1-2H3. The van der Waals surface area contributed by atoms with E-state index in [9.17, 15) is 9.90 Å². The van der Waals surface area contributed by atoms with E-state index in [4.69, 9.17) is 10.5 Å². The molecule has 0 atom stereocenters. The smallest absolute Gasteiger partial charge is 0.165 e. The van der Waals surface area contributed by atoms with E-state index >= 15 is 0 Å². The molecule has 1 aromatic carbocycles. The van der Waals surface area contributed by atoms with Crippen LogP contribution in [0, 0.1) is 0 Å². The number of phenolic OH excluding ortho intramolecular Hbond substituents is 1. The Labute approximate surface area is 75.9 Å². The van der Waals surface area contributed by atoms with Crippen LogP contribution in [-0.4, -0.2) is 18.0 Å². The number of hydrogen-bond donors (Lipinski definition) is 2. The molecule has 0 unspecified atom stereocenters. The molecular weight excluding hydrogens is 170 g/mol. The first kappa shape index (κ1) is 9.38. The van der Waals surface area contributed by atoms with Gasteiger partial charge in [-0.3, -0.25) is 4.79 Å². The number of Topliss-reactive ketones (excluding diaryl/α,β-unsaturated/α-hetero) is 1. The van der Waals surface area contributed by atoms with Crippen LogP contribution in [0.3, 0.4) is 0 Å². The van der Waals surface area contributed by atoms with Crippen LogP contribution in [0.25, 0.3) is 0 Å². The van der Waals surface area contributed by atoms with Gasteiger partial charge in [0.15, 0.2) is 5.78 Å². The van der Waals surface area contributed by atoms with Gasteiger partial charge in [0.05, 0.1) is 12.7 Å². The van der Waals surface area contributed by atoms with Gasteiger partial charge in [-0.2, -0.15) is 0 Å². The zero-order valence-electron chi connectivity index (χ0n) is 7.50. The maximum atomic E-state index is 11.0. The van der Waals surface area contributed by atoms with Crippen molar-refractivity contribution in [2.24, 2.45) is 0 Å².